The highest BCUT2D eigenvalue weighted by atomic mass is 35.5. The zero-order valence-corrected chi connectivity index (χ0v) is 10.7. The Morgan fingerprint density at radius 1 is 1.07 bits per heavy atom. The number of rotatable bonds is 3. The molecule has 88 valence electrons. The lowest BCUT2D eigenvalue weighted by atomic mass is 10.1. The summed E-state index contributed by atoms with van der Waals surface area (Å²) in [6.45, 7) is 1.86. The highest BCUT2D eigenvalue weighted by Gasteiger charge is 2.15. The maximum atomic E-state index is 5.53. The number of nitrogens with zero attached hydrogens (tertiary/aromatic N) is 1. The second-order valence-corrected chi connectivity index (χ2v) is 3.91. The summed E-state index contributed by atoms with van der Waals surface area (Å²) < 4.78 is 0. The second kappa shape index (κ2) is 10.0. The van der Waals surface area contributed by atoms with E-state index in [0.717, 1.165) is 19.1 Å². The topological polar surface area (TPSA) is 29.3 Å². The Bertz CT molecular complexity index is 115. The fraction of sp³-hybridized carbons (Fsp3) is 1.00. The fourth-order valence-electron chi connectivity index (χ4n) is 2.08. The van der Waals surface area contributed by atoms with Gasteiger partial charge in [-0.15, -0.1) is 24.8 Å². The van der Waals surface area contributed by atoms with E-state index >= 15 is 0 Å². The molecule has 0 aromatic carbocycles. The van der Waals surface area contributed by atoms with Gasteiger partial charge in [0.05, 0.1) is 0 Å². The van der Waals surface area contributed by atoms with Gasteiger partial charge < -0.3 is 10.6 Å². The van der Waals surface area contributed by atoms with E-state index in [1.54, 1.807) is 0 Å². The smallest absolute Gasteiger partial charge is 0.0104 e. The molecule has 0 unspecified atom stereocenters. The van der Waals surface area contributed by atoms with E-state index in [9.17, 15) is 0 Å². The van der Waals surface area contributed by atoms with Crippen molar-refractivity contribution in [1.29, 1.82) is 0 Å². The Balaban J connectivity index is 0. The largest absolute Gasteiger partial charge is 0.329 e. The lowest BCUT2D eigenvalue weighted by molar-refractivity contribution is 0.227. The molecule has 0 aromatic heterocycles. The Labute approximate surface area is 100 Å². The minimum atomic E-state index is 0. The summed E-state index contributed by atoms with van der Waals surface area (Å²) in [6.07, 6.45) is 8.48. The first-order valence-electron chi connectivity index (χ1n) is 5.25. The summed E-state index contributed by atoms with van der Waals surface area (Å²) in [5.41, 5.74) is 5.53. The summed E-state index contributed by atoms with van der Waals surface area (Å²) in [7, 11) is 2.21. The van der Waals surface area contributed by atoms with Crippen LogP contribution in [-0.2, 0) is 0 Å². The molecule has 0 saturated heterocycles. The number of hydrogen-bond donors (Lipinski definition) is 1. The molecule has 0 atom stereocenters. The van der Waals surface area contributed by atoms with Crippen molar-refractivity contribution >= 4 is 24.8 Å². The zero-order chi connectivity index (χ0) is 8.81. The molecule has 1 saturated carbocycles. The van der Waals surface area contributed by atoms with Crippen molar-refractivity contribution in [2.45, 2.75) is 44.6 Å². The predicted molar refractivity (Wildman–Crippen MR) is 67.7 cm³/mol. The SMILES string of the molecule is CN(CCN)C1CCCCCC1.Cl.Cl. The molecule has 1 fully saturated rings. The average Bonchev–Trinajstić information content (AvgIpc) is 2.32. The first kappa shape index (κ1) is 16.9. The van der Waals surface area contributed by atoms with Gasteiger partial charge in [-0.25, -0.2) is 0 Å². The third kappa shape index (κ3) is 6.07. The molecule has 2 nitrogen and oxygen atoms in total. The van der Waals surface area contributed by atoms with Crippen molar-refractivity contribution in [1.82, 2.24) is 4.90 Å². The molecule has 0 spiro atoms. The van der Waals surface area contributed by atoms with Crippen molar-refractivity contribution in [3.8, 4) is 0 Å². The standard InChI is InChI=1S/C10H22N2.2ClH/c1-12(9-8-11)10-6-4-2-3-5-7-10;;/h10H,2-9,11H2,1H3;2*1H. The van der Waals surface area contributed by atoms with Crippen LogP contribution in [0, 0.1) is 0 Å². The third-order valence-electron chi connectivity index (χ3n) is 2.93. The Morgan fingerprint density at radius 3 is 2.00 bits per heavy atom. The van der Waals surface area contributed by atoms with Crippen LogP contribution in [0.5, 0.6) is 0 Å². The summed E-state index contributed by atoms with van der Waals surface area (Å²) in [5, 5.41) is 0. The Hall–Kier alpha value is 0.500. The Kier molecular flexibility index (Phi) is 12.1. The minimum absolute atomic E-state index is 0. The molecular formula is C10H24Cl2N2. The summed E-state index contributed by atoms with van der Waals surface area (Å²) in [4.78, 5) is 2.44. The zero-order valence-electron chi connectivity index (χ0n) is 9.08. The second-order valence-electron chi connectivity index (χ2n) is 3.91. The maximum Gasteiger partial charge on any atom is 0.0104 e. The van der Waals surface area contributed by atoms with E-state index in [2.05, 4.69) is 11.9 Å². The van der Waals surface area contributed by atoms with Gasteiger partial charge in [0.15, 0.2) is 0 Å². The molecule has 1 rings (SSSR count). The van der Waals surface area contributed by atoms with E-state index in [1.165, 1.54) is 38.5 Å². The molecule has 2 N–H and O–H groups in total. The van der Waals surface area contributed by atoms with E-state index in [-0.39, 0.29) is 24.8 Å². The van der Waals surface area contributed by atoms with Gasteiger partial charge in [0.1, 0.15) is 0 Å². The summed E-state index contributed by atoms with van der Waals surface area (Å²) in [5.74, 6) is 0. The van der Waals surface area contributed by atoms with Crippen molar-refractivity contribution < 1.29 is 0 Å². The van der Waals surface area contributed by atoms with Gasteiger partial charge in [-0.1, -0.05) is 25.7 Å². The van der Waals surface area contributed by atoms with Gasteiger partial charge in [-0.2, -0.15) is 0 Å². The molecule has 0 radical (unpaired) electrons. The van der Waals surface area contributed by atoms with Crippen LogP contribution >= 0.6 is 24.8 Å². The van der Waals surface area contributed by atoms with Crippen LogP contribution < -0.4 is 5.73 Å². The van der Waals surface area contributed by atoms with Crippen LogP contribution in [-0.4, -0.2) is 31.1 Å². The van der Waals surface area contributed by atoms with Crippen LogP contribution in [0.25, 0.3) is 0 Å². The first-order valence-corrected chi connectivity index (χ1v) is 5.25. The van der Waals surface area contributed by atoms with Gasteiger partial charge in [0.2, 0.25) is 0 Å². The average molecular weight is 243 g/mol. The molecule has 1 aliphatic rings. The van der Waals surface area contributed by atoms with Crippen LogP contribution in [0.15, 0.2) is 0 Å². The molecule has 0 aliphatic heterocycles. The molecule has 1 aliphatic carbocycles. The Morgan fingerprint density at radius 2 is 1.57 bits per heavy atom. The fourth-order valence-corrected chi connectivity index (χ4v) is 2.08. The van der Waals surface area contributed by atoms with Crippen molar-refractivity contribution in [3.63, 3.8) is 0 Å². The van der Waals surface area contributed by atoms with Crippen molar-refractivity contribution in [3.05, 3.63) is 0 Å². The highest BCUT2D eigenvalue weighted by Crippen LogP contribution is 2.20. The van der Waals surface area contributed by atoms with E-state index in [0.29, 0.717) is 0 Å². The van der Waals surface area contributed by atoms with Gasteiger partial charge in [0, 0.05) is 19.1 Å². The van der Waals surface area contributed by atoms with Gasteiger partial charge >= 0.3 is 0 Å². The molecule has 14 heavy (non-hydrogen) atoms. The summed E-state index contributed by atoms with van der Waals surface area (Å²) in [6, 6.07) is 0.816. The van der Waals surface area contributed by atoms with Gasteiger partial charge in [-0.05, 0) is 19.9 Å². The van der Waals surface area contributed by atoms with Crippen LogP contribution in [0.3, 0.4) is 0 Å². The number of nitrogens with two attached hydrogens (primary N) is 1. The van der Waals surface area contributed by atoms with E-state index in [1.807, 2.05) is 0 Å². The molecule has 0 amide bonds. The van der Waals surface area contributed by atoms with Crippen molar-refractivity contribution in [2.75, 3.05) is 20.1 Å². The molecule has 4 heteroatoms. The molecular weight excluding hydrogens is 219 g/mol. The molecule has 0 aromatic rings. The minimum Gasteiger partial charge on any atom is -0.329 e. The van der Waals surface area contributed by atoms with Crippen LogP contribution in [0.4, 0.5) is 0 Å². The number of halogens is 2. The van der Waals surface area contributed by atoms with E-state index < -0.39 is 0 Å². The van der Waals surface area contributed by atoms with Crippen LogP contribution in [0.2, 0.25) is 0 Å². The normalized spacial score (nSPS) is 18.2. The highest BCUT2D eigenvalue weighted by molar-refractivity contribution is 5.85. The van der Waals surface area contributed by atoms with Crippen molar-refractivity contribution in [2.24, 2.45) is 5.73 Å². The third-order valence-corrected chi connectivity index (χ3v) is 2.93. The quantitative estimate of drug-likeness (QED) is 0.771. The number of hydrogen-bond acceptors (Lipinski definition) is 2. The van der Waals surface area contributed by atoms with Gasteiger partial charge in [-0.3, -0.25) is 0 Å². The monoisotopic (exact) mass is 242 g/mol. The van der Waals surface area contributed by atoms with E-state index in [4.69, 9.17) is 5.73 Å². The maximum absolute atomic E-state index is 5.53. The molecule has 0 bridgehead atoms. The lowest BCUT2D eigenvalue weighted by Gasteiger charge is -2.26. The van der Waals surface area contributed by atoms with Crippen LogP contribution in [0.1, 0.15) is 38.5 Å². The summed E-state index contributed by atoms with van der Waals surface area (Å²) >= 11 is 0. The van der Waals surface area contributed by atoms with Gasteiger partial charge in [0.25, 0.3) is 0 Å². The molecule has 0 heterocycles. The predicted octanol–water partition coefficient (Wildman–Crippen LogP) is 2.44. The first-order chi connectivity index (χ1) is 5.84. The lowest BCUT2D eigenvalue weighted by Crippen LogP contribution is -2.35. The number of likely N-dealkylation sites (N-methyl/N-ethyl adjacent to an activating group) is 1.